The van der Waals surface area contributed by atoms with E-state index in [1.54, 1.807) is 0 Å². The van der Waals surface area contributed by atoms with E-state index in [2.05, 4.69) is 26.7 Å². The number of hydrogen-bond acceptors (Lipinski definition) is 6. The van der Waals surface area contributed by atoms with Gasteiger partial charge in [-0.3, -0.25) is 4.90 Å². The maximum atomic E-state index is 12.0. The number of piperazine rings is 1. The van der Waals surface area contributed by atoms with Crippen LogP contribution in [0.4, 0.5) is 5.82 Å². The zero-order valence-corrected chi connectivity index (χ0v) is 14.8. The maximum absolute atomic E-state index is 12.0. The molecule has 2 fully saturated rings. The predicted molar refractivity (Wildman–Crippen MR) is 94.2 cm³/mol. The second-order valence-electron chi connectivity index (χ2n) is 7.29. The van der Waals surface area contributed by atoms with Gasteiger partial charge in [-0.15, -0.1) is 0 Å². The predicted octanol–water partition coefficient (Wildman–Crippen LogP) is 0.679. The summed E-state index contributed by atoms with van der Waals surface area (Å²) in [7, 11) is 2.09. The van der Waals surface area contributed by atoms with Crippen molar-refractivity contribution >= 4 is 11.8 Å². The zero-order valence-electron chi connectivity index (χ0n) is 14.8. The van der Waals surface area contributed by atoms with E-state index < -0.39 is 5.97 Å². The summed E-state index contributed by atoms with van der Waals surface area (Å²) in [5.74, 6) is -0.201. The van der Waals surface area contributed by atoms with Crippen molar-refractivity contribution in [3.8, 4) is 0 Å². The largest absolute Gasteiger partial charge is 0.478 e. The smallest absolute Gasteiger partial charge is 0.339 e. The highest BCUT2D eigenvalue weighted by atomic mass is 16.5. The number of carboxylic acids is 1. The van der Waals surface area contributed by atoms with Gasteiger partial charge in [-0.2, -0.15) is 0 Å². The Kier molecular flexibility index (Phi) is 4.62. The Labute approximate surface area is 148 Å². The van der Waals surface area contributed by atoms with Crippen LogP contribution in [0.15, 0.2) is 6.20 Å². The third-order valence-electron chi connectivity index (χ3n) is 5.72. The van der Waals surface area contributed by atoms with E-state index in [1.807, 2.05) is 6.20 Å². The first-order valence-electron chi connectivity index (χ1n) is 9.13. The first-order chi connectivity index (χ1) is 12.1. The van der Waals surface area contributed by atoms with Crippen molar-refractivity contribution in [3.63, 3.8) is 0 Å². The number of nitrogens with zero attached hydrogens (tertiary/aromatic N) is 4. The average molecular weight is 346 g/mol. The fraction of sp³-hybridized carbons (Fsp3) is 0.667. The second kappa shape index (κ2) is 6.90. The molecule has 1 atom stereocenters. The number of likely N-dealkylation sites (N-methyl/N-ethyl adjacent to an activating group) is 1. The lowest BCUT2D eigenvalue weighted by atomic mass is 9.94. The van der Waals surface area contributed by atoms with E-state index in [4.69, 9.17) is 4.74 Å². The molecule has 136 valence electrons. The molecule has 2 saturated heterocycles. The molecule has 0 unspecified atom stereocenters. The first-order valence-corrected chi connectivity index (χ1v) is 9.13. The molecule has 0 saturated carbocycles. The molecule has 0 bridgehead atoms. The molecule has 3 aliphatic rings. The molecule has 4 heterocycles. The number of carboxylic acid groups (broad SMARTS) is 1. The van der Waals surface area contributed by atoms with Crippen molar-refractivity contribution in [2.75, 3.05) is 57.9 Å². The van der Waals surface area contributed by atoms with E-state index in [1.165, 1.54) is 0 Å². The van der Waals surface area contributed by atoms with E-state index >= 15 is 0 Å². The molecule has 7 heteroatoms. The summed E-state index contributed by atoms with van der Waals surface area (Å²) in [5, 5.41) is 9.87. The van der Waals surface area contributed by atoms with E-state index in [0.717, 1.165) is 76.5 Å². The number of aromatic nitrogens is 1. The van der Waals surface area contributed by atoms with Gasteiger partial charge in [0.15, 0.2) is 0 Å². The number of anilines is 1. The molecule has 0 aliphatic carbocycles. The summed E-state index contributed by atoms with van der Waals surface area (Å²) in [5.41, 5.74) is 2.46. The minimum Gasteiger partial charge on any atom is -0.478 e. The van der Waals surface area contributed by atoms with Crippen LogP contribution in [0, 0.1) is 0 Å². The molecule has 4 rings (SSSR count). The standard InChI is InChI=1S/C18H26N4O3/c1-20-5-7-21(8-6-20)17-16(18(23)24)15-2-4-22(11-13(15)10-19-17)14-3-9-25-12-14/h10,14H,2-9,11-12H2,1H3,(H,23,24)/t14-/m0/s1. The Morgan fingerprint density at radius 3 is 2.76 bits per heavy atom. The van der Waals surface area contributed by atoms with Crippen LogP contribution in [-0.2, 0) is 17.7 Å². The van der Waals surface area contributed by atoms with Crippen LogP contribution in [0.2, 0.25) is 0 Å². The summed E-state index contributed by atoms with van der Waals surface area (Å²) in [6, 6.07) is 0.457. The zero-order chi connectivity index (χ0) is 17.4. The molecule has 1 aromatic heterocycles. The van der Waals surface area contributed by atoms with Crippen molar-refractivity contribution in [2.24, 2.45) is 0 Å². The molecule has 7 nitrogen and oxygen atoms in total. The molecule has 1 aromatic rings. The number of ether oxygens (including phenoxy) is 1. The fourth-order valence-corrected chi connectivity index (χ4v) is 4.16. The van der Waals surface area contributed by atoms with Gasteiger partial charge in [0.2, 0.25) is 0 Å². The summed E-state index contributed by atoms with van der Waals surface area (Å²) in [6.07, 6.45) is 3.74. The Morgan fingerprint density at radius 2 is 2.08 bits per heavy atom. The van der Waals surface area contributed by atoms with Gasteiger partial charge in [-0.05, 0) is 31.0 Å². The van der Waals surface area contributed by atoms with Gasteiger partial charge in [0.25, 0.3) is 0 Å². The molecule has 1 N–H and O–H groups in total. The second-order valence-corrected chi connectivity index (χ2v) is 7.29. The number of pyridine rings is 1. The van der Waals surface area contributed by atoms with Gasteiger partial charge in [0.1, 0.15) is 11.4 Å². The normalized spacial score (nSPS) is 25.2. The van der Waals surface area contributed by atoms with Crippen LogP contribution in [0.5, 0.6) is 0 Å². The molecular formula is C18H26N4O3. The minimum atomic E-state index is -0.851. The Bertz CT molecular complexity index is 652. The minimum absolute atomic E-state index is 0.421. The topological polar surface area (TPSA) is 69.1 Å². The van der Waals surface area contributed by atoms with Gasteiger partial charge in [-0.1, -0.05) is 0 Å². The summed E-state index contributed by atoms with van der Waals surface area (Å²) in [6.45, 7) is 6.82. The van der Waals surface area contributed by atoms with E-state index in [0.29, 0.717) is 17.4 Å². The SMILES string of the molecule is CN1CCN(c2ncc3c(c2C(=O)O)CCN([C@H]2CCOC2)C3)CC1. The van der Waals surface area contributed by atoms with Gasteiger partial charge in [0.05, 0.1) is 6.61 Å². The third-order valence-corrected chi connectivity index (χ3v) is 5.72. The quantitative estimate of drug-likeness (QED) is 0.863. The number of aromatic carboxylic acids is 1. The highest BCUT2D eigenvalue weighted by Crippen LogP contribution is 2.31. The van der Waals surface area contributed by atoms with E-state index in [-0.39, 0.29) is 0 Å². The number of rotatable bonds is 3. The Balaban J connectivity index is 1.62. The van der Waals surface area contributed by atoms with Crippen LogP contribution in [0.25, 0.3) is 0 Å². The molecule has 25 heavy (non-hydrogen) atoms. The first kappa shape index (κ1) is 16.8. The fourth-order valence-electron chi connectivity index (χ4n) is 4.16. The number of hydrogen-bond donors (Lipinski definition) is 1. The van der Waals surface area contributed by atoms with Crippen LogP contribution >= 0.6 is 0 Å². The average Bonchev–Trinajstić information content (AvgIpc) is 3.15. The van der Waals surface area contributed by atoms with Gasteiger partial charge in [-0.25, -0.2) is 9.78 Å². The van der Waals surface area contributed by atoms with Crippen molar-refractivity contribution in [3.05, 3.63) is 22.9 Å². The Morgan fingerprint density at radius 1 is 1.28 bits per heavy atom. The van der Waals surface area contributed by atoms with Crippen molar-refractivity contribution in [1.82, 2.24) is 14.8 Å². The highest BCUT2D eigenvalue weighted by molar-refractivity contribution is 5.95. The van der Waals surface area contributed by atoms with Crippen LogP contribution in [-0.4, -0.2) is 84.9 Å². The summed E-state index contributed by atoms with van der Waals surface area (Å²) < 4.78 is 5.51. The van der Waals surface area contributed by atoms with E-state index in [9.17, 15) is 9.90 Å². The van der Waals surface area contributed by atoms with Gasteiger partial charge >= 0.3 is 5.97 Å². The van der Waals surface area contributed by atoms with Crippen molar-refractivity contribution < 1.29 is 14.6 Å². The van der Waals surface area contributed by atoms with Gasteiger partial charge < -0.3 is 19.6 Å². The molecular weight excluding hydrogens is 320 g/mol. The highest BCUT2D eigenvalue weighted by Gasteiger charge is 2.31. The number of fused-ring (bicyclic) bond motifs is 1. The maximum Gasteiger partial charge on any atom is 0.339 e. The lowest BCUT2D eigenvalue weighted by Crippen LogP contribution is -2.46. The molecule has 0 amide bonds. The van der Waals surface area contributed by atoms with Crippen LogP contribution in [0.3, 0.4) is 0 Å². The van der Waals surface area contributed by atoms with Crippen molar-refractivity contribution in [1.29, 1.82) is 0 Å². The summed E-state index contributed by atoms with van der Waals surface area (Å²) >= 11 is 0. The Hall–Kier alpha value is -1.70. The lowest BCUT2D eigenvalue weighted by Gasteiger charge is -2.36. The van der Waals surface area contributed by atoms with Crippen LogP contribution < -0.4 is 4.90 Å². The molecule has 0 radical (unpaired) electrons. The van der Waals surface area contributed by atoms with Crippen molar-refractivity contribution in [2.45, 2.75) is 25.4 Å². The third kappa shape index (κ3) is 3.23. The molecule has 0 aromatic carbocycles. The van der Waals surface area contributed by atoms with Gasteiger partial charge in [0, 0.05) is 58.1 Å². The summed E-state index contributed by atoms with van der Waals surface area (Å²) in [4.78, 5) is 23.4. The monoisotopic (exact) mass is 346 g/mol. The van der Waals surface area contributed by atoms with Crippen LogP contribution in [0.1, 0.15) is 27.9 Å². The molecule has 0 spiro atoms. The lowest BCUT2D eigenvalue weighted by molar-refractivity contribution is 0.0693. The number of carbonyl (C=O) groups is 1. The molecule has 3 aliphatic heterocycles.